The fourth-order valence-corrected chi connectivity index (χ4v) is 3.55. The number of hydrazine groups is 1. The van der Waals surface area contributed by atoms with Gasteiger partial charge in [-0.05, 0) is 55.3 Å². The highest BCUT2D eigenvalue weighted by molar-refractivity contribution is 6.30. The van der Waals surface area contributed by atoms with Crippen LogP contribution in [0, 0.1) is 6.92 Å². The van der Waals surface area contributed by atoms with Gasteiger partial charge in [-0.15, -0.1) is 0 Å². The van der Waals surface area contributed by atoms with E-state index in [1.54, 1.807) is 30.3 Å². The zero-order valence-corrected chi connectivity index (χ0v) is 18.7. The number of nitrogens with zero attached hydrogens (tertiary/aromatic N) is 1. The Morgan fingerprint density at radius 3 is 2.76 bits per heavy atom. The van der Waals surface area contributed by atoms with Crippen molar-refractivity contribution in [1.82, 2.24) is 21.0 Å². The Labute approximate surface area is 195 Å². The lowest BCUT2D eigenvalue weighted by molar-refractivity contribution is -0.122. The molecule has 33 heavy (non-hydrogen) atoms. The molecule has 1 aromatic heterocycles. The average molecular weight is 471 g/mol. The molecule has 2 amide bonds. The molecule has 0 saturated carbocycles. The smallest absolute Gasteiger partial charge is 0.273 e. The average Bonchev–Trinajstić information content (AvgIpc) is 3.31. The van der Waals surface area contributed by atoms with Crippen LogP contribution in [-0.2, 0) is 4.79 Å². The van der Waals surface area contributed by atoms with Crippen molar-refractivity contribution in [3.8, 4) is 28.5 Å². The number of carbonyl (C=O) groups excluding carboxylic acids is 2. The number of H-pyrrole nitrogens is 1. The summed E-state index contributed by atoms with van der Waals surface area (Å²) in [5.74, 6) is 1.15. The number of ether oxygens (including phenoxy) is 3. The highest BCUT2D eigenvalue weighted by Crippen LogP contribution is 2.34. The molecule has 0 atom stereocenters. The van der Waals surface area contributed by atoms with Crippen LogP contribution in [0.25, 0.3) is 11.3 Å². The molecule has 1 aliphatic heterocycles. The van der Waals surface area contributed by atoms with Gasteiger partial charge in [0, 0.05) is 17.0 Å². The molecule has 10 heteroatoms. The largest absolute Gasteiger partial charge is 0.493 e. The van der Waals surface area contributed by atoms with Gasteiger partial charge in [-0.1, -0.05) is 11.6 Å². The van der Waals surface area contributed by atoms with Gasteiger partial charge in [0.15, 0.2) is 11.5 Å². The number of aromatic amines is 1. The number of carbonyl (C=O) groups is 2. The third-order valence-corrected chi connectivity index (χ3v) is 5.21. The van der Waals surface area contributed by atoms with Crippen LogP contribution in [-0.4, -0.2) is 41.8 Å². The van der Waals surface area contributed by atoms with Crippen LogP contribution in [0.1, 0.15) is 28.8 Å². The van der Waals surface area contributed by atoms with Crippen LogP contribution < -0.4 is 25.1 Å². The van der Waals surface area contributed by atoms with E-state index in [9.17, 15) is 9.59 Å². The summed E-state index contributed by atoms with van der Waals surface area (Å²) in [5.41, 5.74) is 7.27. The highest BCUT2D eigenvalue weighted by Gasteiger charge is 2.19. The molecule has 1 aliphatic rings. The van der Waals surface area contributed by atoms with Crippen LogP contribution in [0.5, 0.6) is 17.2 Å². The minimum atomic E-state index is -0.491. The fraction of sp³-hybridized carbons (Fsp3) is 0.261. The molecular formula is C23H23ClN4O5. The summed E-state index contributed by atoms with van der Waals surface area (Å²) in [6.45, 7) is 3.22. The van der Waals surface area contributed by atoms with Gasteiger partial charge in [0.2, 0.25) is 5.91 Å². The van der Waals surface area contributed by atoms with E-state index in [-0.39, 0.29) is 17.9 Å². The maximum absolute atomic E-state index is 12.6. The molecule has 172 valence electrons. The fourth-order valence-electron chi connectivity index (χ4n) is 3.32. The maximum atomic E-state index is 12.6. The normalized spacial score (nSPS) is 12.2. The lowest BCUT2D eigenvalue weighted by Crippen LogP contribution is -2.41. The predicted octanol–water partition coefficient (Wildman–Crippen LogP) is 3.43. The summed E-state index contributed by atoms with van der Waals surface area (Å²) in [6.07, 6.45) is 2.07. The Hall–Kier alpha value is -3.72. The molecule has 3 N–H and O–H groups in total. The zero-order chi connectivity index (χ0) is 23.2. The number of benzene rings is 2. The first kappa shape index (κ1) is 22.5. The lowest BCUT2D eigenvalue weighted by Gasteiger charge is -2.18. The Balaban J connectivity index is 1.26. The predicted molar refractivity (Wildman–Crippen MR) is 122 cm³/mol. The molecule has 0 fully saturated rings. The summed E-state index contributed by atoms with van der Waals surface area (Å²) in [5, 5.41) is 7.43. The van der Waals surface area contributed by atoms with Gasteiger partial charge in [-0.25, -0.2) is 0 Å². The SMILES string of the molecule is Cc1cc(Cl)ccc1OCCCC(=O)NNC(=O)c1cn[nH]c1-c1ccc2c(c1)OCCO2. The van der Waals surface area contributed by atoms with E-state index >= 15 is 0 Å². The van der Waals surface area contributed by atoms with E-state index in [0.29, 0.717) is 54.0 Å². The number of aryl methyl sites for hydroxylation is 1. The Morgan fingerprint density at radius 1 is 1.12 bits per heavy atom. The van der Waals surface area contributed by atoms with Gasteiger partial charge < -0.3 is 14.2 Å². The Bertz CT molecular complexity index is 1160. The summed E-state index contributed by atoms with van der Waals surface area (Å²) in [7, 11) is 0. The zero-order valence-electron chi connectivity index (χ0n) is 17.9. The molecule has 2 heterocycles. The number of halogens is 1. The van der Waals surface area contributed by atoms with Crippen molar-refractivity contribution in [3.05, 3.63) is 58.7 Å². The molecule has 9 nitrogen and oxygen atoms in total. The Kier molecular flexibility index (Phi) is 6.99. The van der Waals surface area contributed by atoms with Gasteiger partial charge in [0.05, 0.1) is 24.1 Å². The Morgan fingerprint density at radius 2 is 1.94 bits per heavy atom. The third-order valence-electron chi connectivity index (χ3n) is 4.97. The number of rotatable bonds is 7. The van der Waals surface area contributed by atoms with Crippen molar-refractivity contribution < 1.29 is 23.8 Å². The summed E-state index contributed by atoms with van der Waals surface area (Å²) in [4.78, 5) is 24.7. The first-order valence-corrected chi connectivity index (χ1v) is 10.8. The third kappa shape index (κ3) is 5.56. The molecule has 0 radical (unpaired) electrons. The number of nitrogens with one attached hydrogen (secondary N) is 3. The van der Waals surface area contributed by atoms with E-state index in [4.69, 9.17) is 25.8 Å². The molecule has 0 spiro atoms. The monoisotopic (exact) mass is 470 g/mol. The highest BCUT2D eigenvalue weighted by atomic mass is 35.5. The van der Waals surface area contributed by atoms with E-state index in [2.05, 4.69) is 21.0 Å². The van der Waals surface area contributed by atoms with E-state index in [1.807, 2.05) is 13.0 Å². The van der Waals surface area contributed by atoms with Gasteiger partial charge in [-0.2, -0.15) is 5.10 Å². The maximum Gasteiger partial charge on any atom is 0.273 e. The van der Waals surface area contributed by atoms with Crippen LogP contribution in [0.15, 0.2) is 42.6 Å². The standard InChI is InChI=1S/C23H23ClN4O5/c1-14-11-16(24)5-7-18(14)31-8-2-3-21(29)26-28-23(30)17-13-25-27-22(17)15-4-6-19-20(12-15)33-10-9-32-19/h4-7,11-13H,2-3,8-10H2,1H3,(H,25,27)(H,26,29)(H,28,30). The van der Waals surface area contributed by atoms with Crippen molar-refractivity contribution >= 4 is 23.4 Å². The van der Waals surface area contributed by atoms with Gasteiger partial charge in [0.1, 0.15) is 19.0 Å². The minimum Gasteiger partial charge on any atom is -0.493 e. The second-order valence-electron chi connectivity index (χ2n) is 7.38. The first-order chi connectivity index (χ1) is 16.0. The molecule has 0 unspecified atom stereocenters. The summed E-state index contributed by atoms with van der Waals surface area (Å²) in [6, 6.07) is 10.7. The minimum absolute atomic E-state index is 0.188. The number of hydrogen-bond donors (Lipinski definition) is 3. The van der Waals surface area contributed by atoms with Crippen LogP contribution >= 0.6 is 11.6 Å². The number of fused-ring (bicyclic) bond motifs is 1. The molecule has 4 rings (SSSR count). The number of hydrogen-bond acceptors (Lipinski definition) is 6. The van der Waals surface area contributed by atoms with Crippen molar-refractivity contribution in [2.75, 3.05) is 19.8 Å². The first-order valence-electron chi connectivity index (χ1n) is 10.4. The molecular weight excluding hydrogens is 448 g/mol. The molecule has 0 aliphatic carbocycles. The number of amides is 2. The van der Waals surface area contributed by atoms with E-state index < -0.39 is 5.91 Å². The quantitative estimate of drug-likeness (QED) is 0.360. The second kappa shape index (κ2) is 10.3. The van der Waals surface area contributed by atoms with Gasteiger partial charge in [0.25, 0.3) is 5.91 Å². The van der Waals surface area contributed by atoms with E-state index in [0.717, 1.165) is 11.3 Å². The topological polar surface area (TPSA) is 115 Å². The molecule has 3 aromatic rings. The van der Waals surface area contributed by atoms with E-state index in [1.165, 1.54) is 6.20 Å². The van der Waals surface area contributed by atoms with Crippen molar-refractivity contribution in [3.63, 3.8) is 0 Å². The molecule has 0 bridgehead atoms. The van der Waals surface area contributed by atoms with Crippen LogP contribution in [0.4, 0.5) is 0 Å². The van der Waals surface area contributed by atoms with Gasteiger partial charge >= 0.3 is 0 Å². The lowest BCUT2D eigenvalue weighted by atomic mass is 10.1. The van der Waals surface area contributed by atoms with Gasteiger partial charge in [-0.3, -0.25) is 25.5 Å². The summed E-state index contributed by atoms with van der Waals surface area (Å²) >= 11 is 5.93. The molecule has 0 saturated heterocycles. The number of aromatic nitrogens is 2. The van der Waals surface area contributed by atoms with Crippen molar-refractivity contribution in [2.45, 2.75) is 19.8 Å². The van der Waals surface area contributed by atoms with Crippen LogP contribution in [0.2, 0.25) is 5.02 Å². The van der Waals surface area contributed by atoms with Crippen molar-refractivity contribution in [1.29, 1.82) is 0 Å². The van der Waals surface area contributed by atoms with Crippen LogP contribution in [0.3, 0.4) is 0 Å². The summed E-state index contributed by atoms with van der Waals surface area (Å²) < 4.78 is 16.8. The molecule has 2 aromatic carbocycles. The second-order valence-corrected chi connectivity index (χ2v) is 7.82. The van der Waals surface area contributed by atoms with Crippen molar-refractivity contribution in [2.24, 2.45) is 0 Å².